The second-order valence-electron chi connectivity index (χ2n) is 9.01. The topological polar surface area (TPSA) is 72.4 Å². The van der Waals surface area contributed by atoms with Crippen LogP contribution in [0.25, 0.3) is 10.9 Å². The van der Waals surface area contributed by atoms with Crippen LogP contribution >= 0.6 is 0 Å². The summed E-state index contributed by atoms with van der Waals surface area (Å²) in [6.45, 7) is 5.66. The molecular weight excluding hydrogens is 438 g/mol. The van der Waals surface area contributed by atoms with Gasteiger partial charge in [0.05, 0.1) is 6.61 Å². The number of ether oxygens (including phenoxy) is 1. The first kappa shape index (κ1) is 24.2. The van der Waals surface area contributed by atoms with Gasteiger partial charge in [-0.3, -0.25) is 9.59 Å². The van der Waals surface area contributed by atoms with E-state index in [0.29, 0.717) is 37.0 Å². The molecule has 35 heavy (non-hydrogen) atoms. The molecule has 0 saturated carbocycles. The van der Waals surface area contributed by atoms with Crippen molar-refractivity contribution in [2.45, 2.75) is 27.0 Å². The summed E-state index contributed by atoms with van der Waals surface area (Å²) < 4.78 is 7.56. The van der Waals surface area contributed by atoms with Crippen molar-refractivity contribution in [3.05, 3.63) is 102 Å². The zero-order chi connectivity index (χ0) is 24.6. The first-order chi connectivity index (χ1) is 17.0. The van der Waals surface area contributed by atoms with Crippen molar-refractivity contribution in [1.29, 1.82) is 0 Å². The summed E-state index contributed by atoms with van der Waals surface area (Å²) in [5.41, 5.74) is 4.32. The second-order valence-corrected chi connectivity index (χ2v) is 9.01. The van der Waals surface area contributed by atoms with Gasteiger partial charge in [0.15, 0.2) is 0 Å². The third kappa shape index (κ3) is 6.58. The Morgan fingerprint density at radius 3 is 2.26 bits per heavy atom. The third-order valence-corrected chi connectivity index (χ3v) is 5.62. The SMILES string of the molecule is CC(C)CNC(=O)c1cc2cc(NC(=O)COCc3ccccc3)ccc2n1Cc1ccccc1. The van der Waals surface area contributed by atoms with Gasteiger partial charge in [0, 0.05) is 29.7 Å². The molecule has 0 bridgehead atoms. The van der Waals surface area contributed by atoms with Gasteiger partial charge in [-0.1, -0.05) is 74.5 Å². The maximum absolute atomic E-state index is 13.0. The average molecular weight is 470 g/mol. The van der Waals surface area contributed by atoms with Gasteiger partial charge in [-0.15, -0.1) is 0 Å². The Kier molecular flexibility index (Phi) is 7.95. The van der Waals surface area contributed by atoms with E-state index in [2.05, 4.69) is 24.5 Å². The molecule has 180 valence electrons. The minimum atomic E-state index is -0.223. The number of carbonyl (C=O) groups excluding carboxylic acids is 2. The maximum atomic E-state index is 13.0. The zero-order valence-electron chi connectivity index (χ0n) is 20.2. The molecular formula is C29H31N3O3. The minimum absolute atomic E-state index is 0.0369. The van der Waals surface area contributed by atoms with Crippen LogP contribution in [-0.2, 0) is 22.7 Å². The molecule has 0 aliphatic rings. The molecule has 6 nitrogen and oxygen atoms in total. The number of carbonyl (C=O) groups is 2. The highest BCUT2D eigenvalue weighted by atomic mass is 16.5. The lowest BCUT2D eigenvalue weighted by molar-refractivity contribution is -0.121. The first-order valence-electron chi connectivity index (χ1n) is 11.9. The van der Waals surface area contributed by atoms with Crippen molar-refractivity contribution in [2.75, 3.05) is 18.5 Å². The molecule has 0 fully saturated rings. The number of rotatable bonds is 10. The van der Waals surface area contributed by atoms with Crippen molar-refractivity contribution in [1.82, 2.24) is 9.88 Å². The summed E-state index contributed by atoms with van der Waals surface area (Å²) in [5.74, 6) is 0.0291. The lowest BCUT2D eigenvalue weighted by Crippen LogP contribution is -2.29. The van der Waals surface area contributed by atoms with Gasteiger partial charge in [0.25, 0.3) is 5.91 Å². The molecule has 0 aliphatic heterocycles. The van der Waals surface area contributed by atoms with Crippen molar-refractivity contribution in [3.8, 4) is 0 Å². The summed E-state index contributed by atoms with van der Waals surface area (Å²) in [7, 11) is 0. The fourth-order valence-corrected chi connectivity index (χ4v) is 3.89. The predicted octanol–water partition coefficient (Wildman–Crippen LogP) is 5.23. The number of benzene rings is 3. The van der Waals surface area contributed by atoms with Crippen LogP contribution in [0, 0.1) is 5.92 Å². The number of nitrogens with zero attached hydrogens (tertiary/aromatic N) is 1. The molecule has 0 spiro atoms. The molecule has 4 rings (SSSR count). The van der Waals surface area contributed by atoms with E-state index >= 15 is 0 Å². The van der Waals surface area contributed by atoms with Crippen molar-refractivity contribution < 1.29 is 14.3 Å². The Morgan fingerprint density at radius 2 is 1.57 bits per heavy atom. The lowest BCUT2D eigenvalue weighted by atomic mass is 10.2. The van der Waals surface area contributed by atoms with E-state index in [4.69, 9.17) is 4.74 Å². The first-order valence-corrected chi connectivity index (χ1v) is 11.9. The molecule has 3 aromatic carbocycles. The van der Waals surface area contributed by atoms with Crippen molar-refractivity contribution in [2.24, 2.45) is 5.92 Å². The number of hydrogen-bond acceptors (Lipinski definition) is 3. The molecule has 1 heterocycles. The molecule has 2 amide bonds. The number of nitrogens with one attached hydrogen (secondary N) is 2. The van der Waals surface area contributed by atoms with Crippen LogP contribution in [0.3, 0.4) is 0 Å². The van der Waals surface area contributed by atoms with Crippen molar-refractivity contribution >= 4 is 28.4 Å². The van der Waals surface area contributed by atoms with Crippen LogP contribution in [-0.4, -0.2) is 29.5 Å². The van der Waals surface area contributed by atoms with Gasteiger partial charge in [-0.05, 0) is 41.3 Å². The zero-order valence-corrected chi connectivity index (χ0v) is 20.2. The van der Waals surface area contributed by atoms with E-state index in [1.54, 1.807) is 0 Å². The molecule has 0 atom stereocenters. The molecule has 0 unspecified atom stereocenters. The number of aromatic nitrogens is 1. The number of fused-ring (bicyclic) bond motifs is 1. The highest BCUT2D eigenvalue weighted by molar-refractivity contribution is 6.00. The Balaban J connectivity index is 1.51. The predicted molar refractivity (Wildman–Crippen MR) is 139 cm³/mol. The van der Waals surface area contributed by atoms with Gasteiger partial charge >= 0.3 is 0 Å². The number of amides is 2. The fraction of sp³-hybridized carbons (Fsp3) is 0.241. The number of anilines is 1. The van der Waals surface area contributed by atoms with Crippen LogP contribution in [0.2, 0.25) is 0 Å². The van der Waals surface area contributed by atoms with E-state index in [0.717, 1.165) is 22.0 Å². The van der Waals surface area contributed by atoms with Gasteiger partial charge in [0.1, 0.15) is 12.3 Å². The van der Waals surface area contributed by atoms with E-state index in [9.17, 15) is 9.59 Å². The van der Waals surface area contributed by atoms with Gasteiger partial charge in [0.2, 0.25) is 5.91 Å². The normalized spacial score (nSPS) is 11.1. The quantitative estimate of drug-likeness (QED) is 0.334. The largest absolute Gasteiger partial charge is 0.367 e. The van der Waals surface area contributed by atoms with E-state index in [-0.39, 0.29) is 18.4 Å². The Hall–Kier alpha value is -3.90. The highest BCUT2D eigenvalue weighted by Gasteiger charge is 2.17. The summed E-state index contributed by atoms with van der Waals surface area (Å²) in [4.78, 5) is 25.4. The standard InChI is InChI=1S/C29H31N3O3/c1-21(2)17-30-29(34)27-16-24-15-25(31-28(33)20-35-19-23-11-7-4-8-12-23)13-14-26(24)32(27)18-22-9-5-3-6-10-22/h3-16,21H,17-20H2,1-2H3,(H,30,34)(H,31,33). The van der Waals surface area contributed by atoms with Crippen molar-refractivity contribution in [3.63, 3.8) is 0 Å². The third-order valence-electron chi connectivity index (χ3n) is 5.62. The molecule has 0 saturated heterocycles. The van der Waals surface area contributed by atoms with E-state index < -0.39 is 0 Å². The molecule has 0 aliphatic carbocycles. The minimum Gasteiger partial charge on any atom is -0.367 e. The Morgan fingerprint density at radius 1 is 0.886 bits per heavy atom. The molecule has 1 aromatic heterocycles. The summed E-state index contributed by atoms with van der Waals surface area (Å²) in [6, 6.07) is 27.4. The van der Waals surface area contributed by atoms with Crippen LogP contribution in [0.5, 0.6) is 0 Å². The Bertz CT molecular complexity index is 1280. The Labute approximate surface area is 205 Å². The maximum Gasteiger partial charge on any atom is 0.267 e. The highest BCUT2D eigenvalue weighted by Crippen LogP contribution is 2.25. The fourth-order valence-electron chi connectivity index (χ4n) is 3.89. The summed E-state index contributed by atoms with van der Waals surface area (Å²) >= 11 is 0. The van der Waals surface area contributed by atoms with Crippen LogP contribution < -0.4 is 10.6 Å². The van der Waals surface area contributed by atoms with Gasteiger partial charge in [-0.25, -0.2) is 0 Å². The molecule has 0 radical (unpaired) electrons. The lowest BCUT2D eigenvalue weighted by Gasteiger charge is -2.13. The van der Waals surface area contributed by atoms with Gasteiger partial charge < -0.3 is 19.9 Å². The van der Waals surface area contributed by atoms with Gasteiger partial charge in [-0.2, -0.15) is 0 Å². The van der Waals surface area contributed by atoms with Crippen LogP contribution in [0.4, 0.5) is 5.69 Å². The average Bonchev–Trinajstić information content (AvgIpc) is 3.21. The molecule has 2 N–H and O–H groups in total. The number of hydrogen-bond donors (Lipinski definition) is 2. The van der Waals surface area contributed by atoms with Crippen LogP contribution in [0.1, 0.15) is 35.5 Å². The molecule has 4 aromatic rings. The summed E-state index contributed by atoms with van der Waals surface area (Å²) in [6.07, 6.45) is 0. The smallest absolute Gasteiger partial charge is 0.267 e. The molecule has 6 heteroatoms. The monoisotopic (exact) mass is 469 g/mol. The second kappa shape index (κ2) is 11.5. The van der Waals surface area contributed by atoms with E-state index in [1.807, 2.05) is 89.5 Å². The van der Waals surface area contributed by atoms with Crippen LogP contribution in [0.15, 0.2) is 84.9 Å². The van der Waals surface area contributed by atoms with E-state index in [1.165, 1.54) is 0 Å². The summed E-state index contributed by atoms with van der Waals surface area (Å²) in [5, 5.41) is 6.80.